The first-order valence-corrected chi connectivity index (χ1v) is 6.18. The van der Waals surface area contributed by atoms with Gasteiger partial charge >= 0.3 is 0 Å². The van der Waals surface area contributed by atoms with E-state index in [0.29, 0.717) is 19.7 Å². The number of anilines is 1. The van der Waals surface area contributed by atoms with Crippen molar-refractivity contribution in [1.29, 1.82) is 0 Å². The quantitative estimate of drug-likeness (QED) is 0.762. The minimum absolute atomic E-state index is 0.0606. The van der Waals surface area contributed by atoms with Crippen LogP contribution in [0.5, 0.6) is 0 Å². The topological polar surface area (TPSA) is 58.6 Å². The van der Waals surface area contributed by atoms with Crippen LogP contribution in [0.1, 0.15) is 6.92 Å². The lowest BCUT2D eigenvalue weighted by Gasteiger charge is -2.34. The molecular formula is C12H18N4O2. The Morgan fingerprint density at radius 1 is 1.28 bits per heavy atom. The Balaban J connectivity index is 1.83. The standard InChI is InChI=1S/C12H18N4O2/c1-2-18-10-11(17)15-6-8-16(9-7-15)12-13-4-3-5-14-12/h3-5H,2,6-10H2,1H3. The van der Waals surface area contributed by atoms with Crippen molar-refractivity contribution < 1.29 is 9.53 Å². The molecule has 2 heterocycles. The van der Waals surface area contributed by atoms with E-state index in [1.54, 1.807) is 18.5 Å². The van der Waals surface area contributed by atoms with Gasteiger partial charge in [-0.2, -0.15) is 0 Å². The maximum Gasteiger partial charge on any atom is 0.248 e. The first kappa shape index (κ1) is 12.8. The summed E-state index contributed by atoms with van der Waals surface area (Å²) >= 11 is 0. The highest BCUT2D eigenvalue weighted by Crippen LogP contribution is 2.09. The Morgan fingerprint density at radius 2 is 1.94 bits per heavy atom. The van der Waals surface area contributed by atoms with Crippen molar-refractivity contribution in [3.8, 4) is 0 Å². The average Bonchev–Trinajstić information content (AvgIpc) is 2.46. The molecule has 1 amide bonds. The number of nitrogens with zero attached hydrogens (tertiary/aromatic N) is 4. The van der Waals surface area contributed by atoms with Gasteiger partial charge in [0.15, 0.2) is 0 Å². The molecule has 1 saturated heterocycles. The molecule has 1 aliphatic rings. The molecule has 18 heavy (non-hydrogen) atoms. The van der Waals surface area contributed by atoms with Crippen molar-refractivity contribution in [2.75, 3.05) is 44.3 Å². The van der Waals surface area contributed by atoms with Crippen LogP contribution in [0.3, 0.4) is 0 Å². The lowest BCUT2D eigenvalue weighted by atomic mass is 10.3. The van der Waals surface area contributed by atoms with Gasteiger partial charge in [0, 0.05) is 45.2 Å². The van der Waals surface area contributed by atoms with Gasteiger partial charge in [-0.3, -0.25) is 4.79 Å². The molecule has 0 aliphatic carbocycles. The summed E-state index contributed by atoms with van der Waals surface area (Å²) in [6, 6.07) is 1.80. The van der Waals surface area contributed by atoms with Crippen LogP contribution in [-0.4, -0.2) is 60.2 Å². The van der Waals surface area contributed by atoms with E-state index in [1.807, 2.05) is 11.8 Å². The molecule has 1 aromatic rings. The van der Waals surface area contributed by atoms with E-state index in [2.05, 4.69) is 14.9 Å². The van der Waals surface area contributed by atoms with E-state index in [1.165, 1.54) is 0 Å². The molecule has 0 aromatic carbocycles. The molecule has 0 radical (unpaired) electrons. The first-order valence-electron chi connectivity index (χ1n) is 6.18. The van der Waals surface area contributed by atoms with Gasteiger partial charge in [-0.1, -0.05) is 0 Å². The van der Waals surface area contributed by atoms with Crippen LogP contribution in [0.25, 0.3) is 0 Å². The van der Waals surface area contributed by atoms with Gasteiger partial charge in [0.05, 0.1) is 0 Å². The number of ether oxygens (including phenoxy) is 1. The first-order chi connectivity index (χ1) is 8.81. The minimum atomic E-state index is 0.0606. The molecule has 0 atom stereocenters. The molecule has 0 unspecified atom stereocenters. The summed E-state index contributed by atoms with van der Waals surface area (Å²) in [4.78, 5) is 24.1. The van der Waals surface area contributed by atoms with Crippen molar-refractivity contribution in [3.05, 3.63) is 18.5 Å². The fraction of sp³-hybridized carbons (Fsp3) is 0.583. The predicted octanol–water partition coefficient (Wildman–Crippen LogP) is 0.162. The summed E-state index contributed by atoms with van der Waals surface area (Å²) in [5, 5.41) is 0. The van der Waals surface area contributed by atoms with Gasteiger partial charge in [-0.15, -0.1) is 0 Å². The third-order valence-electron chi connectivity index (χ3n) is 2.90. The highest BCUT2D eigenvalue weighted by molar-refractivity contribution is 5.77. The van der Waals surface area contributed by atoms with Crippen LogP contribution >= 0.6 is 0 Å². The third-order valence-corrected chi connectivity index (χ3v) is 2.90. The Morgan fingerprint density at radius 3 is 2.56 bits per heavy atom. The van der Waals surface area contributed by atoms with E-state index in [0.717, 1.165) is 19.0 Å². The fourth-order valence-electron chi connectivity index (χ4n) is 1.89. The van der Waals surface area contributed by atoms with Crippen molar-refractivity contribution in [3.63, 3.8) is 0 Å². The van der Waals surface area contributed by atoms with Crippen molar-refractivity contribution in [2.24, 2.45) is 0 Å². The molecule has 0 N–H and O–H groups in total. The number of hydrogen-bond acceptors (Lipinski definition) is 5. The number of piperazine rings is 1. The molecule has 0 bridgehead atoms. The summed E-state index contributed by atoms with van der Waals surface area (Å²) in [5.74, 6) is 0.792. The van der Waals surface area contributed by atoms with E-state index >= 15 is 0 Å². The second-order valence-corrected chi connectivity index (χ2v) is 4.05. The molecule has 1 aromatic heterocycles. The van der Waals surface area contributed by atoms with Crippen LogP contribution in [0.2, 0.25) is 0 Å². The maximum absolute atomic E-state index is 11.8. The lowest BCUT2D eigenvalue weighted by Crippen LogP contribution is -2.50. The highest BCUT2D eigenvalue weighted by Gasteiger charge is 2.22. The van der Waals surface area contributed by atoms with E-state index < -0.39 is 0 Å². The molecule has 98 valence electrons. The highest BCUT2D eigenvalue weighted by atomic mass is 16.5. The van der Waals surface area contributed by atoms with E-state index in [9.17, 15) is 4.79 Å². The minimum Gasteiger partial charge on any atom is -0.372 e. The van der Waals surface area contributed by atoms with E-state index in [-0.39, 0.29) is 12.5 Å². The Labute approximate surface area is 107 Å². The lowest BCUT2D eigenvalue weighted by molar-refractivity contribution is -0.136. The molecule has 0 saturated carbocycles. The Kier molecular flexibility index (Phi) is 4.46. The summed E-state index contributed by atoms with van der Waals surface area (Å²) in [5.41, 5.74) is 0. The monoisotopic (exact) mass is 250 g/mol. The average molecular weight is 250 g/mol. The van der Waals surface area contributed by atoms with Gasteiger partial charge in [0.1, 0.15) is 6.61 Å². The largest absolute Gasteiger partial charge is 0.372 e. The molecule has 0 spiro atoms. The molecule has 1 aliphatic heterocycles. The summed E-state index contributed by atoms with van der Waals surface area (Å²) in [6.45, 7) is 5.57. The molecular weight excluding hydrogens is 232 g/mol. The SMILES string of the molecule is CCOCC(=O)N1CCN(c2ncccn2)CC1. The van der Waals surface area contributed by atoms with Crippen LogP contribution in [0.4, 0.5) is 5.95 Å². The van der Waals surface area contributed by atoms with Crippen LogP contribution in [-0.2, 0) is 9.53 Å². The molecule has 1 fully saturated rings. The smallest absolute Gasteiger partial charge is 0.248 e. The summed E-state index contributed by atoms with van der Waals surface area (Å²) in [6.07, 6.45) is 3.46. The zero-order valence-electron chi connectivity index (χ0n) is 10.6. The van der Waals surface area contributed by atoms with Crippen molar-refractivity contribution >= 4 is 11.9 Å². The van der Waals surface area contributed by atoms with Crippen molar-refractivity contribution in [1.82, 2.24) is 14.9 Å². The molecule has 6 heteroatoms. The van der Waals surface area contributed by atoms with Crippen LogP contribution in [0, 0.1) is 0 Å². The van der Waals surface area contributed by atoms with Crippen LogP contribution < -0.4 is 4.90 Å². The zero-order chi connectivity index (χ0) is 12.8. The number of amides is 1. The van der Waals surface area contributed by atoms with E-state index in [4.69, 9.17) is 4.74 Å². The number of rotatable bonds is 4. The number of hydrogen-bond donors (Lipinski definition) is 0. The normalized spacial score (nSPS) is 15.8. The predicted molar refractivity (Wildman–Crippen MR) is 67.3 cm³/mol. The summed E-state index contributed by atoms with van der Waals surface area (Å²) in [7, 11) is 0. The number of aromatic nitrogens is 2. The summed E-state index contributed by atoms with van der Waals surface area (Å²) < 4.78 is 5.13. The number of carbonyl (C=O) groups is 1. The molecule has 6 nitrogen and oxygen atoms in total. The Hall–Kier alpha value is -1.69. The second-order valence-electron chi connectivity index (χ2n) is 4.05. The van der Waals surface area contributed by atoms with Crippen LogP contribution in [0.15, 0.2) is 18.5 Å². The van der Waals surface area contributed by atoms with Gasteiger partial charge in [0.2, 0.25) is 11.9 Å². The van der Waals surface area contributed by atoms with Gasteiger partial charge < -0.3 is 14.5 Å². The molecule has 2 rings (SSSR count). The second kappa shape index (κ2) is 6.30. The fourth-order valence-corrected chi connectivity index (χ4v) is 1.89. The Bertz CT molecular complexity index is 377. The van der Waals surface area contributed by atoms with Gasteiger partial charge in [-0.05, 0) is 13.0 Å². The van der Waals surface area contributed by atoms with Crippen molar-refractivity contribution in [2.45, 2.75) is 6.92 Å². The third kappa shape index (κ3) is 3.16. The maximum atomic E-state index is 11.8. The van der Waals surface area contributed by atoms with Gasteiger partial charge in [-0.25, -0.2) is 9.97 Å². The zero-order valence-corrected chi connectivity index (χ0v) is 10.6. The number of carbonyl (C=O) groups excluding carboxylic acids is 1. The van der Waals surface area contributed by atoms with Gasteiger partial charge in [0.25, 0.3) is 0 Å².